The molecule has 1 fully saturated rings. The van der Waals surface area contributed by atoms with E-state index in [4.69, 9.17) is 5.73 Å². The minimum Gasteiger partial charge on any atom is -0.397 e. The zero-order valence-electron chi connectivity index (χ0n) is 10.6. The Balaban J connectivity index is 2.35. The van der Waals surface area contributed by atoms with Crippen molar-refractivity contribution in [3.05, 3.63) is 18.2 Å². The van der Waals surface area contributed by atoms with Crippen molar-refractivity contribution in [1.29, 1.82) is 0 Å². The highest BCUT2D eigenvalue weighted by atomic mass is 32.2. The van der Waals surface area contributed by atoms with Gasteiger partial charge in [0.05, 0.1) is 16.3 Å². The number of hydrogen-bond donors (Lipinski definition) is 1. The minimum absolute atomic E-state index is 0.280. The van der Waals surface area contributed by atoms with Gasteiger partial charge in [0, 0.05) is 30.3 Å². The second-order valence-corrected chi connectivity index (χ2v) is 7.78. The average Bonchev–Trinajstić information content (AvgIpc) is 2.29. The molecule has 0 aromatic heterocycles. The van der Waals surface area contributed by atoms with Crippen molar-refractivity contribution in [3.8, 4) is 0 Å². The van der Waals surface area contributed by atoms with Gasteiger partial charge in [-0.15, -0.1) is 0 Å². The lowest BCUT2D eigenvalue weighted by molar-refractivity contribution is 0.602. The molecule has 0 aliphatic carbocycles. The van der Waals surface area contributed by atoms with Crippen LogP contribution in [-0.4, -0.2) is 38.8 Å². The predicted octanol–water partition coefficient (Wildman–Crippen LogP) is 1.61. The number of sulfone groups is 1. The first kappa shape index (κ1) is 13.5. The lowest BCUT2D eigenvalue weighted by Gasteiger charge is -2.35. The number of nitrogens with two attached hydrogens (primary N) is 1. The Labute approximate surface area is 112 Å². The third-order valence-corrected chi connectivity index (χ3v) is 5.40. The Hall–Kier alpha value is -0.880. The van der Waals surface area contributed by atoms with E-state index in [0.717, 1.165) is 23.7 Å². The van der Waals surface area contributed by atoms with Gasteiger partial charge in [0.25, 0.3) is 0 Å². The molecule has 1 atom stereocenters. The van der Waals surface area contributed by atoms with E-state index in [-0.39, 0.29) is 4.90 Å². The number of nitrogen functional groups attached to an aromatic ring is 1. The highest BCUT2D eigenvalue weighted by molar-refractivity contribution is 7.99. The van der Waals surface area contributed by atoms with Crippen LogP contribution < -0.4 is 10.6 Å². The molecule has 1 heterocycles. The van der Waals surface area contributed by atoms with Gasteiger partial charge in [-0.3, -0.25) is 0 Å². The molecule has 0 spiro atoms. The quantitative estimate of drug-likeness (QED) is 0.837. The summed E-state index contributed by atoms with van der Waals surface area (Å²) in [7, 11) is -3.19. The van der Waals surface area contributed by atoms with Crippen LogP contribution in [0.5, 0.6) is 0 Å². The zero-order valence-corrected chi connectivity index (χ0v) is 12.2. The highest BCUT2D eigenvalue weighted by Crippen LogP contribution is 2.30. The van der Waals surface area contributed by atoms with Crippen LogP contribution in [0.4, 0.5) is 11.4 Å². The van der Waals surface area contributed by atoms with Crippen LogP contribution in [0.3, 0.4) is 0 Å². The molecule has 1 aliphatic heterocycles. The monoisotopic (exact) mass is 286 g/mol. The number of benzene rings is 1. The van der Waals surface area contributed by atoms with E-state index < -0.39 is 9.84 Å². The first-order chi connectivity index (χ1) is 8.39. The summed E-state index contributed by atoms with van der Waals surface area (Å²) in [6.45, 7) is 3.12. The summed E-state index contributed by atoms with van der Waals surface area (Å²) in [6, 6.07) is 5.43. The molecule has 0 bridgehead atoms. The van der Waals surface area contributed by atoms with E-state index in [1.807, 2.05) is 17.8 Å². The summed E-state index contributed by atoms with van der Waals surface area (Å²) in [5.74, 6) is 2.16. The largest absolute Gasteiger partial charge is 0.397 e. The summed E-state index contributed by atoms with van der Waals surface area (Å²) < 4.78 is 22.9. The van der Waals surface area contributed by atoms with Gasteiger partial charge >= 0.3 is 0 Å². The van der Waals surface area contributed by atoms with Gasteiger partial charge in [-0.2, -0.15) is 11.8 Å². The first-order valence-corrected chi connectivity index (χ1v) is 8.88. The maximum Gasteiger partial charge on any atom is 0.175 e. The molecule has 4 nitrogen and oxygen atoms in total. The SMILES string of the molecule is CC1CSCCN1c1ccc(S(C)(=O)=O)cc1N. The molecule has 6 heteroatoms. The molecule has 1 aromatic carbocycles. The number of hydrogen-bond acceptors (Lipinski definition) is 5. The lowest BCUT2D eigenvalue weighted by atomic mass is 10.2. The van der Waals surface area contributed by atoms with Crippen LogP contribution in [0.15, 0.2) is 23.1 Å². The smallest absolute Gasteiger partial charge is 0.175 e. The molecule has 1 aromatic rings. The Morgan fingerprint density at radius 2 is 2.17 bits per heavy atom. The summed E-state index contributed by atoms with van der Waals surface area (Å²) in [6.07, 6.45) is 1.20. The van der Waals surface area contributed by atoms with Crippen molar-refractivity contribution in [3.63, 3.8) is 0 Å². The van der Waals surface area contributed by atoms with Gasteiger partial charge in [0.1, 0.15) is 0 Å². The zero-order chi connectivity index (χ0) is 13.3. The van der Waals surface area contributed by atoms with Crippen LogP contribution in [0.2, 0.25) is 0 Å². The highest BCUT2D eigenvalue weighted by Gasteiger charge is 2.21. The number of anilines is 2. The maximum atomic E-state index is 11.5. The van der Waals surface area contributed by atoms with E-state index in [1.54, 1.807) is 12.1 Å². The average molecular weight is 286 g/mol. The summed E-state index contributed by atoms with van der Waals surface area (Å²) >= 11 is 1.94. The third-order valence-electron chi connectivity index (χ3n) is 3.10. The van der Waals surface area contributed by atoms with Gasteiger partial charge in [-0.25, -0.2) is 8.42 Å². The fourth-order valence-electron chi connectivity index (χ4n) is 2.11. The first-order valence-electron chi connectivity index (χ1n) is 5.83. The topological polar surface area (TPSA) is 63.4 Å². The van der Waals surface area contributed by atoms with Crippen LogP contribution in [0.1, 0.15) is 6.92 Å². The fraction of sp³-hybridized carbons (Fsp3) is 0.500. The molecule has 1 saturated heterocycles. The minimum atomic E-state index is -3.19. The lowest BCUT2D eigenvalue weighted by Crippen LogP contribution is -2.40. The molecular weight excluding hydrogens is 268 g/mol. The second-order valence-electron chi connectivity index (χ2n) is 4.61. The third kappa shape index (κ3) is 2.75. The van der Waals surface area contributed by atoms with Gasteiger partial charge in [-0.05, 0) is 25.1 Å². The Morgan fingerprint density at radius 1 is 1.44 bits per heavy atom. The molecular formula is C12H18N2O2S2. The molecule has 0 saturated carbocycles. The van der Waals surface area contributed by atoms with Crippen molar-refractivity contribution < 1.29 is 8.42 Å². The molecule has 0 radical (unpaired) electrons. The predicted molar refractivity (Wildman–Crippen MR) is 78.1 cm³/mol. The molecule has 2 rings (SSSR count). The Kier molecular flexibility index (Phi) is 3.77. The standard InChI is InChI=1S/C12H18N2O2S2/c1-9-8-17-6-5-14(9)12-4-3-10(7-11(12)13)18(2,15)16/h3-4,7,9H,5-6,8,13H2,1-2H3. The van der Waals surface area contributed by atoms with Gasteiger partial charge in [0.2, 0.25) is 0 Å². The number of thioether (sulfide) groups is 1. The normalized spacial score (nSPS) is 21.0. The summed E-state index contributed by atoms with van der Waals surface area (Å²) in [5.41, 5.74) is 7.48. The number of nitrogens with zero attached hydrogens (tertiary/aromatic N) is 1. The molecule has 1 unspecified atom stereocenters. The van der Waals surface area contributed by atoms with Crippen molar-refractivity contribution in [2.24, 2.45) is 0 Å². The molecule has 0 amide bonds. The van der Waals surface area contributed by atoms with Crippen molar-refractivity contribution in [2.45, 2.75) is 17.9 Å². The van der Waals surface area contributed by atoms with E-state index in [2.05, 4.69) is 11.8 Å². The van der Waals surface area contributed by atoms with Crippen LogP contribution in [0, 0.1) is 0 Å². The van der Waals surface area contributed by atoms with E-state index in [0.29, 0.717) is 11.7 Å². The summed E-state index contributed by atoms with van der Waals surface area (Å²) in [4.78, 5) is 2.53. The molecule has 2 N–H and O–H groups in total. The fourth-order valence-corrected chi connectivity index (χ4v) is 3.78. The van der Waals surface area contributed by atoms with E-state index >= 15 is 0 Å². The van der Waals surface area contributed by atoms with Gasteiger partial charge in [-0.1, -0.05) is 0 Å². The van der Waals surface area contributed by atoms with Crippen molar-refractivity contribution in [1.82, 2.24) is 0 Å². The van der Waals surface area contributed by atoms with Crippen LogP contribution in [0.25, 0.3) is 0 Å². The van der Waals surface area contributed by atoms with Crippen LogP contribution >= 0.6 is 11.8 Å². The molecule has 1 aliphatic rings. The van der Waals surface area contributed by atoms with Crippen LogP contribution in [-0.2, 0) is 9.84 Å². The number of rotatable bonds is 2. The van der Waals surface area contributed by atoms with Crippen molar-refractivity contribution in [2.75, 3.05) is 34.9 Å². The van der Waals surface area contributed by atoms with Crippen molar-refractivity contribution >= 4 is 33.0 Å². The second kappa shape index (κ2) is 5.01. The Morgan fingerprint density at radius 3 is 2.72 bits per heavy atom. The summed E-state index contributed by atoms with van der Waals surface area (Å²) in [5, 5.41) is 0. The maximum absolute atomic E-state index is 11.5. The Bertz CT molecular complexity index is 543. The van der Waals surface area contributed by atoms with E-state index in [9.17, 15) is 8.42 Å². The van der Waals surface area contributed by atoms with Gasteiger partial charge in [0.15, 0.2) is 9.84 Å². The van der Waals surface area contributed by atoms with E-state index in [1.165, 1.54) is 6.26 Å². The van der Waals surface area contributed by atoms with Gasteiger partial charge < -0.3 is 10.6 Å². The molecule has 18 heavy (non-hydrogen) atoms. The molecule has 100 valence electrons.